The molecule has 0 bridgehead atoms. The first-order chi connectivity index (χ1) is 15.2. The molecule has 0 saturated heterocycles. The number of nitrogens with zero attached hydrogens (tertiary/aromatic N) is 1. The molecule has 0 saturated carbocycles. The zero-order valence-electron chi connectivity index (χ0n) is 17.1. The number of carbonyl (C=O) groups is 1. The number of hydrogen-bond donors (Lipinski definition) is 1. The molecular formula is C27H20N2O2. The van der Waals surface area contributed by atoms with Crippen LogP contribution in [-0.4, -0.2) is 5.78 Å². The van der Waals surface area contributed by atoms with Crippen molar-refractivity contribution in [3.05, 3.63) is 118 Å². The van der Waals surface area contributed by atoms with Crippen LogP contribution < -0.4 is 10.1 Å². The smallest absolute Gasteiger partial charge is 0.192 e. The van der Waals surface area contributed by atoms with Gasteiger partial charge in [-0.2, -0.15) is 5.26 Å². The number of dihydropyridines is 1. The molecule has 4 heteroatoms. The number of fused-ring (bicyclic) bond motifs is 2. The summed E-state index contributed by atoms with van der Waals surface area (Å²) < 4.78 is 6.00. The number of rotatable bonds is 4. The summed E-state index contributed by atoms with van der Waals surface area (Å²) in [7, 11) is 0. The Balaban J connectivity index is 1.54. The Labute approximate surface area is 181 Å². The molecule has 0 spiro atoms. The summed E-state index contributed by atoms with van der Waals surface area (Å²) in [4.78, 5) is 13.3. The molecule has 1 N–H and O–H groups in total. The van der Waals surface area contributed by atoms with E-state index in [2.05, 4.69) is 11.4 Å². The molecule has 2 aliphatic rings. The molecule has 1 atom stereocenters. The van der Waals surface area contributed by atoms with Crippen LogP contribution in [0.25, 0.3) is 5.70 Å². The van der Waals surface area contributed by atoms with E-state index in [1.54, 1.807) is 0 Å². The van der Waals surface area contributed by atoms with Crippen LogP contribution in [0.2, 0.25) is 0 Å². The van der Waals surface area contributed by atoms with Crippen LogP contribution >= 0.6 is 0 Å². The third-order valence-electron chi connectivity index (χ3n) is 5.81. The van der Waals surface area contributed by atoms with Crippen LogP contribution in [0.4, 0.5) is 0 Å². The fourth-order valence-corrected chi connectivity index (χ4v) is 4.34. The quantitative estimate of drug-likeness (QED) is 0.636. The van der Waals surface area contributed by atoms with Crippen molar-refractivity contribution >= 4 is 11.5 Å². The van der Waals surface area contributed by atoms with Gasteiger partial charge in [-0.05, 0) is 30.2 Å². The minimum Gasteiger partial charge on any atom is -0.489 e. The van der Waals surface area contributed by atoms with E-state index >= 15 is 0 Å². The normalized spacial score (nSPS) is 17.0. The third kappa shape index (κ3) is 3.21. The lowest BCUT2D eigenvalue weighted by Crippen LogP contribution is -2.24. The summed E-state index contributed by atoms with van der Waals surface area (Å²) in [5.74, 6) is 0.250. The van der Waals surface area contributed by atoms with Crippen LogP contribution in [0.1, 0.15) is 39.9 Å². The molecule has 1 aliphatic carbocycles. The monoisotopic (exact) mass is 404 g/mol. The molecule has 5 rings (SSSR count). The van der Waals surface area contributed by atoms with Crippen LogP contribution in [0, 0.1) is 11.3 Å². The molecule has 3 aromatic carbocycles. The highest BCUT2D eigenvalue weighted by Crippen LogP contribution is 2.46. The van der Waals surface area contributed by atoms with Crippen molar-refractivity contribution < 1.29 is 9.53 Å². The summed E-state index contributed by atoms with van der Waals surface area (Å²) in [6.45, 7) is 2.34. The molecule has 1 aliphatic heterocycles. The van der Waals surface area contributed by atoms with Gasteiger partial charge in [0.1, 0.15) is 12.4 Å². The molecule has 0 aromatic heterocycles. The van der Waals surface area contributed by atoms with Crippen molar-refractivity contribution in [2.45, 2.75) is 19.4 Å². The van der Waals surface area contributed by atoms with Gasteiger partial charge < -0.3 is 10.1 Å². The highest BCUT2D eigenvalue weighted by Gasteiger charge is 2.40. The van der Waals surface area contributed by atoms with Gasteiger partial charge in [-0.25, -0.2) is 0 Å². The molecule has 3 aromatic rings. The van der Waals surface area contributed by atoms with Gasteiger partial charge in [0.15, 0.2) is 5.78 Å². The first-order valence-corrected chi connectivity index (χ1v) is 10.2. The number of nitrogens with one attached hydrogen (secondary N) is 1. The van der Waals surface area contributed by atoms with Crippen molar-refractivity contribution in [1.29, 1.82) is 5.26 Å². The highest BCUT2D eigenvalue weighted by molar-refractivity contribution is 6.22. The Morgan fingerprint density at radius 3 is 2.48 bits per heavy atom. The lowest BCUT2D eigenvalue weighted by Gasteiger charge is -2.27. The van der Waals surface area contributed by atoms with Crippen molar-refractivity contribution in [2.24, 2.45) is 0 Å². The summed E-state index contributed by atoms with van der Waals surface area (Å²) in [6.07, 6.45) is 0. The van der Waals surface area contributed by atoms with E-state index in [0.717, 1.165) is 28.1 Å². The van der Waals surface area contributed by atoms with Crippen LogP contribution in [0.5, 0.6) is 5.75 Å². The fraction of sp³-hybridized carbons (Fsp3) is 0.111. The van der Waals surface area contributed by atoms with Crippen molar-refractivity contribution in [3.8, 4) is 11.8 Å². The van der Waals surface area contributed by atoms with Crippen molar-refractivity contribution in [1.82, 2.24) is 5.32 Å². The lowest BCUT2D eigenvalue weighted by atomic mass is 9.80. The number of hydrogen-bond acceptors (Lipinski definition) is 4. The van der Waals surface area contributed by atoms with Gasteiger partial charge in [-0.1, -0.05) is 66.7 Å². The molecule has 0 fully saturated rings. The van der Waals surface area contributed by atoms with E-state index in [4.69, 9.17) is 4.74 Å². The van der Waals surface area contributed by atoms with Crippen LogP contribution in [-0.2, 0) is 6.61 Å². The van der Waals surface area contributed by atoms with Gasteiger partial charge in [0, 0.05) is 22.4 Å². The number of nitriles is 1. The summed E-state index contributed by atoms with van der Waals surface area (Å²) >= 11 is 0. The molecule has 150 valence electrons. The Morgan fingerprint density at radius 2 is 1.71 bits per heavy atom. The molecule has 31 heavy (non-hydrogen) atoms. The second kappa shape index (κ2) is 7.62. The first kappa shape index (κ1) is 18.9. The molecule has 1 heterocycles. The van der Waals surface area contributed by atoms with E-state index in [1.165, 1.54) is 0 Å². The largest absolute Gasteiger partial charge is 0.489 e. The van der Waals surface area contributed by atoms with Crippen LogP contribution in [0.15, 0.2) is 95.7 Å². The zero-order valence-corrected chi connectivity index (χ0v) is 17.1. The van der Waals surface area contributed by atoms with Gasteiger partial charge in [0.05, 0.1) is 23.3 Å². The average Bonchev–Trinajstić information content (AvgIpc) is 3.09. The van der Waals surface area contributed by atoms with Gasteiger partial charge in [0.2, 0.25) is 0 Å². The second-order valence-corrected chi connectivity index (χ2v) is 7.72. The van der Waals surface area contributed by atoms with E-state index in [9.17, 15) is 10.1 Å². The van der Waals surface area contributed by atoms with Crippen LogP contribution in [0.3, 0.4) is 0 Å². The van der Waals surface area contributed by atoms with Gasteiger partial charge in [-0.15, -0.1) is 0 Å². The standard InChI is InChI=1S/C27H20N2O2/c1-17-23(15-28)24(25-26(29-17)21-12-5-6-13-22(21)27(25)30)19-10-7-11-20(14-19)31-16-18-8-3-2-4-9-18/h2-14,24,29H,16H2,1H3/t24-/m1/s1. The number of ether oxygens (including phenoxy) is 1. The van der Waals surface area contributed by atoms with Crippen molar-refractivity contribution in [3.63, 3.8) is 0 Å². The SMILES string of the molecule is CC1=C(C#N)[C@@H](c2cccc(OCc3ccccc3)c2)C2=C(N1)c1ccccc1C2=O. The summed E-state index contributed by atoms with van der Waals surface area (Å²) in [6, 6.07) is 27.6. The second-order valence-electron chi connectivity index (χ2n) is 7.72. The molecule has 0 unspecified atom stereocenters. The maximum atomic E-state index is 13.3. The average molecular weight is 404 g/mol. The minimum absolute atomic E-state index is 0.0287. The van der Waals surface area contributed by atoms with E-state index in [-0.39, 0.29) is 5.78 Å². The van der Waals surface area contributed by atoms with Crippen molar-refractivity contribution in [2.75, 3.05) is 0 Å². The third-order valence-corrected chi connectivity index (χ3v) is 5.81. The minimum atomic E-state index is -0.429. The van der Waals surface area contributed by atoms with E-state index in [1.807, 2.05) is 85.8 Å². The number of Topliss-reactive ketones (excluding diaryl/α,β-unsaturated/α-hetero) is 1. The molecular weight excluding hydrogens is 384 g/mol. The molecule has 0 radical (unpaired) electrons. The predicted molar refractivity (Wildman–Crippen MR) is 119 cm³/mol. The number of benzene rings is 3. The summed E-state index contributed by atoms with van der Waals surface area (Å²) in [5.41, 5.74) is 6.27. The van der Waals surface area contributed by atoms with E-state index < -0.39 is 5.92 Å². The number of ketones is 1. The maximum absolute atomic E-state index is 13.3. The van der Waals surface area contributed by atoms with Gasteiger partial charge >= 0.3 is 0 Å². The topological polar surface area (TPSA) is 62.1 Å². The maximum Gasteiger partial charge on any atom is 0.192 e. The Bertz CT molecular complexity index is 1300. The highest BCUT2D eigenvalue weighted by atomic mass is 16.5. The predicted octanol–water partition coefficient (Wildman–Crippen LogP) is 5.36. The number of allylic oxidation sites excluding steroid dienone is 3. The number of carbonyl (C=O) groups excluding carboxylic acids is 1. The first-order valence-electron chi connectivity index (χ1n) is 10.2. The summed E-state index contributed by atoms with van der Waals surface area (Å²) in [5, 5.41) is 13.2. The molecule has 0 amide bonds. The zero-order chi connectivity index (χ0) is 21.4. The Morgan fingerprint density at radius 1 is 0.968 bits per heavy atom. The molecule has 4 nitrogen and oxygen atoms in total. The van der Waals surface area contributed by atoms with E-state index in [0.29, 0.717) is 29.1 Å². The fourth-order valence-electron chi connectivity index (χ4n) is 4.34. The van der Waals surface area contributed by atoms with Gasteiger partial charge in [0.25, 0.3) is 0 Å². The lowest BCUT2D eigenvalue weighted by molar-refractivity contribution is 0.103. The Kier molecular flexibility index (Phi) is 4.65. The Hall–Kier alpha value is -4.10. The van der Waals surface area contributed by atoms with Gasteiger partial charge in [-0.3, -0.25) is 4.79 Å².